The Morgan fingerprint density at radius 2 is 1.82 bits per heavy atom. The summed E-state index contributed by atoms with van der Waals surface area (Å²) in [4.78, 5) is 18.9. The fourth-order valence-corrected chi connectivity index (χ4v) is 2.95. The summed E-state index contributed by atoms with van der Waals surface area (Å²) in [6.45, 7) is 2.76. The SMILES string of the molecule is Cc1ccc(-c2noc(CCC(=O)N[C@H](CN(C)C)c3ccccc3)n2)cc1. The van der Waals surface area contributed by atoms with Gasteiger partial charge in [-0.15, -0.1) is 0 Å². The number of rotatable bonds is 8. The lowest BCUT2D eigenvalue weighted by Crippen LogP contribution is -2.35. The molecule has 0 bridgehead atoms. The Morgan fingerprint density at radius 1 is 1.11 bits per heavy atom. The van der Waals surface area contributed by atoms with Crippen LogP contribution in [-0.4, -0.2) is 41.6 Å². The van der Waals surface area contributed by atoms with Crippen molar-refractivity contribution < 1.29 is 9.32 Å². The summed E-state index contributed by atoms with van der Waals surface area (Å²) in [5.74, 6) is 0.977. The highest BCUT2D eigenvalue weighted by molar-refractivity contribution is 5.76. The van der Waals surface area contributed by atoms with E-state index in [2.05, 4.69) is 20.4 Å². The molecule has 0 saturated carbocycles. The Labute approximate surface area is 165 Å². The van der Waals surface area contributed by atoms with Crippen LogP contribution in [0.4, 0.5) is 0 Å². The average molecular weight is 378 g/mol. The monoisotopic (exact) mass is 378 g/mol. The van der Waals surface area contributed by atoms with Crippen LogP contribution in [0.1, 0.15) is 29.5 Å². The molecule has 6 heteroatoms. The molecular formula is C22H26N4O2. The van der Waals surface area contributed by atoms with Crippen molar-refractivity contribution in [3.8, 4) is 11.4 Å². The third-order valence-electron chi connectivity index (χ3n) is 4.43. The highest BCUT2D eigenvalue weighted by Gasteiger charge is 2.16. The average Bonchev–Trinajstić information content (AvgIpc) is 3.16. The van der Waals surface area contributed by atoms with E-state index in [0.29, 0.717) is 24.6 Å². The van der Waals surface area contributed by atoms with Gasteiger partial charge < -0.3 is 14.7 Å². The minimum absolute atomic E-state index is 0.0363. The first kappa shape index (κ1) is 19.8. The standard InChI is InChI=1S/C22H26N4O2/c1-16-9-11-18(12-10-16)22-24-21(28-25-22)14-13-20(27)23-19(15-26(2)3)17-7-5-4-6-8-17/h4-12,19H,13-15H2,1-3H3,(H,23,27)/t19-/m1/s1. The number of amides is 1. The van der Waals surface area contributed by atoms with Crippen LogP contribution in [0.2, 0.25) is 0 Å². The number of hydrogen-bond acceptors (Lipinski definition) is 5. The summed E-state index contributed by atoms with van der Waals surface area (Å²) in [5.41, 5.74) is 3.17. The topological polar surface area (TPSA) is 71.3 Å². The molecule has 0 saturated heterocycles. The van der Waals surface area contributed by atoms with Gasteiger partial charge in [-0.1, -0.05) is 65.3 Å². The van der Waals surface area contributed by atoms with Gasteiger partial charge in [0.1, 0.15) is 0 Å². The van der Waals surface area contributed by atoms with Crippen LogP contribution in [0, 0.1) is 6.92 Å². The Hall–Kier alpha value is -2.99. The molecule has 2 aromatic carbocycles. The zero-order valence-electron chi connectivity index (χ0n) is 16.6. The molecule has 28 heavy (non-hydrogen) atoms. The highest BCUT2D eigenvalue weighted by Crippen LogP contribution is 2.17. The largest absolute Gasteiger partial charge is 0.348 e. The molecule has 0 radical (unpaired) electrons. The maximum Gasteiger partial charge on any atom is 0.227 e. The molecule has 146 valence electrons. The van der Waals surface area contributed by atoms with Crippen molar-refractivity contribution in [3.63, 3.8) is 0 Å². The number of aromatic nitrogens is 2. The Balaban J connectivity index is 1.58. The second kappa shape index (κ2) is 9.28. The van der Waals surface area contributed by atoms with Crippen LogP contribution in [0.25, 0.3) is 11.4 Å². The number of carbonyl (C=O) groups is 1. The van der Waals surface area contributed by atoms with E-state index in [1.165, 1.54) is 5.56 Å². The first-order valence-electron chi connectivity index (χ1n) is 9.40. The fraction of sp³-hybridized carbons (Fsp3) is 0.318. The zero-order valence-corrected chi connectivity index (χ0v) is 16.6. The van der Waals surface area contributed by atoms with Gasteiger partial charge in [0.2, 0.25) is 17.6 Å². The highest BCUT2D eigenvalue weighted by atomic mass is 16.5. The van der Waals surface area contributed by atoms with Gasteiger partial charge in [0.15, 0.2) is 0 Å². The number of nitrogens with one attached hydrogen (secondary N) is 1. The summed E-state index contributed by atoms with van der Waals surface area (Å²) in [6, 6.07) is 17.9. The van der Waals surface area contributed by atoms with Crippen LogP contribution in [0.5, 0.6) is 0 Å². The van der Waals surface area contributed by atoms with E-state index in [0.717, 1.165) is 17.7 Å². The van der Waals surface area contributed by atoms with Crippen LogP contribution in [-0.2, 0) is 11.2 Å². The number of likely N-dealkylation sites (N-methyl/N-ethyl adjacent to an activating group) is 1. The first-order chi connectivity index (χ1) is 13.5. The Bertz CT molecular complexity index is 888. The quantitative estimate of drug-likeness (QED) is 0.650. The number of nitrogens with zero attached hydrogens (tertiary/aromatic N) is 3. The van der Waals surface area contributed by atoms with Crippen molar-refractivity contribution in [2.24, 2.45) is 0 Å². The van der Waals surface area contributed by atoms with E-state index in [9.17, 15) is 4.79 Å². The molecule has 1 aromatic heterocycles. The van der Waals surface area contributed by atoms with E-state index < -0.39 is 0 Å². The molecule has 1 atom stereocenters. The maximum atomic E-state index is 12.5. The molecule has 3 aromatic rings. The summed E-state index contributed by atoms with van der Waals surface area (Å²) in [7, 11) is 3.99. The maximum absolute atomic E-state index is 12.5. The molecule has 0 aliphatic carbocycles. The summed E-state index contributed by atoms with van der Waals surface area (Å²) in [6.07, 6.45) is 0.709. The second-order valence-electron chi connectivity index (χ2n) is 7.17. The summed E-state index contributed by atoms with van der Waals surface area (Å²) >= 11 is 0. The Morgan fingerprint density at radius 3 is 2.50 bits per heavy atom. The Kier molecular flexibility index (Phi) is 6.55. The molecular weight excluding hydrogens is 352 g/mol. The van der Waals surface area contributed by atoms with Gasteiger partial charge in [0.25, 0.3) is 0 Å². The number of benzene rings is 2. The van der Waals surface area contributed by atoms with Crippen molar-refractivity contribution in [2.45, 2.75) is 25.8 Å². The molecule has 1 amide bonds. The van der Waals surface area contributed by atoms with E-state index in [-0.39, 0.29) is 11.9 Å². The third kappa shape index (κ3) is 5.50. The minimum atomic E-state index is -0.0606. The molecule has 3 rings (SSSR count). The second-order valence-corrected chi connectivity index (χ2v) is 7.17. The summed E-state index contributed by atoms with van der Waals surface area (Å²) in [5, 5.41) is 7.13. The normalized spacial score (nSPS) is 12.1. The van der Waals surface area contributed by atoms with Crippen LogP contribution < -0.4 is 5.32 Å². The number of hydrogen-bond donors (Lipinski definition) is 1. The fourth-order valence-electron chi connectivity index (χ4n) is 2.95. The van der Waals surface area contributed by atoms with Crippen molar-refractivity contribution in [3.05, 3.63) is 71.6 Å². The molecule has 0 unspecified atom stereocenters. The van der Waals surface area contributed by atoms with Gasteiger partial charge in [-0.25, -0.2) is 0 Å². The lowest BCUT2D eigenvalue weighted by molar-refractivity contribution is -0.122. The molecule has 0 aliphatic heterocycles. The molecule has 1 heterocycles. The van der Waals surface area contributed by atoms with E-state index in [1.807, 2.05) is 75.6 Å². The van der Waals surface area contributed by atoms with Crippen molar-refractivity contribution in [1.29, 1.82) is 0 Å². The molecule has 0 fully saturated rings. The first-order valence-corrected chi connectivity index (χ1v) is 9.40. The predicted octanol–water partition coefficient (Wildman–Crippen LogP) is 3.40. The van der Waals surface area contributed by atoms with Gasteiger partial charge in [-0.05, 0) is 26.6 Å². The molecule has 6 nitrogen and oxygen atoms in total. The molecule has 0 aliphatic rings. The van der Waals surface area contributed by atoms with Crippen LogP contribution in [0.15, 0.2) is 59.1 Å². The zero-order chi connectivity index (χ0) is 19.9. The van der Waals surface area contributed by atoms with E-state index in [4.69, 9.17) is 4.52 Å². The van der Waals surface area contributed by atoms with Crippen molar-refractivity contribution >= 4 is 5.91 Å². The van der Waals surface area contributed by atoms with Gasteiger partial charge in [0, 0.05) is 24.9 Å². The van der Waals surface area contributed by atoms with Gasteiger partial charge in [0.05, 0.1) is 6.04 Å². The number of carbonyl (C=O) groups excluding carboxylic acids is 1. The molecule has 1 N–H and O–H groups in total. The van der Waals surface area contributed by atoms with E-state index >= 15 is 0 Å². The van der Waals surface area contributed by atoms with Gasteiger partial charge >= 0.3 is 0 Å². The van der Waals surface area contributed by atoms with Crippen LogP contribution >= 0.6 is 0 Å². The van der Waals surface area contributed by atoms with E-state index in [1.54, 1.807) is 0 Å². The van der Waals surface area contributed by atoms with Gasteiger partial charge in [-0.3, -0.25) is 4.79 Å². The minimum Gasteiger partial charge on any atom is -0.348 e. The summed E-state index contributed by atoms with van der Waals surface area (Å²) < 4.78 is 5.30. The van der Waals surface area contributed by atoms with Gasteiger partial charge in [-0.2, -0.15) is 4.98 Å². The predicted molar refractivity (Wildman–Crippen MR) is 109 cm³/mol. The number of aryl methyl sites for hydroxylation is 2. The third-order valence-corrected chi connectivity index (χ3v) is 4.43. The smallest absolute Gasteiger partial charge is 0.227 e. The lowest BCUT2D eigenvalue weighted by atomic mass is 10.1. The lowest BCUT2D eigenvalue weighted by Gasteiger charge is -2.22. The van der Waals surface area contributed by atoms with Crippen molar-refractivity contribution in [1.82, 2.24) is 20.4 Å². The van der Waals surface area contributed by atoms with Crippen LogP contribution in [0.3, 0.4) is 0 Å². The molecule has 0 spiro atoms. The van der Waals surface area contributed by atoms with Crippen molar-refractivity contribution in [2.75, 3.05) is 20.6 Å².